The minimum Gasteiger partial charge on any atom is -0.373 e. The molecule has 1 aromatic rings. The van der Waals surface area contributed by atoms with E-state index in [2.05, 4.69) is 72.5 Å². The Bertz CT molecular complexity index is 534. The average molecular weight is 332 g/mol. The third kappa shape index (κ3) is 5.80. The highest BCUT2D eigenvalue weighted by Crippen LogP contribution is 2.17. The first-order chi connectivity index (χ1) is 11.5. The monoisotopic (exact) mass is 332 g/mol. The van der Waals surface area contributed by atoms with Crippen LogP contribution in [-0.2, 0) is 17.8 Å². The second kappa shape index (κ2) is 9.04. The Balaban J connectivity index is 1.99. The number of hydrogen-bond acceptors (Lipinski definition) is 3. The molecular formula is C19H32N4O. The van der Waals surface area contributed by atoms with Crippen molar-refractivity contribution in [2.75, 3.05) is 20.1 Å². The molecule has 0 saturated carbocycles. The molecule has 0 bridgehead atoms. The molecule has 0 amide bonds. The van der Waals surface area contributed by atoms with Crippen molar-refractivity contribution in [3.8, 4) is 0 Å². The van der Waals surface area contributed by atoms with Gasteiger partial charge in [0.25, 0.3) is 0 Å². The van der Waals surface area contributed by atoms with E-state index in [9.17, 15) is 0 Å². The lowest BCUT2D eigenvalue weighted by atomic mass is 10.1. The first kappa shape index (κ1) is 18.7. The highest BCUT2D eigenvalue weighted by atomic mass is 16.5. The van der Waals surface area contributed by atoms with Crippen molar-refractivity contribution < 1.29 is 4.74 Å². The van der Waals surface area contributed by atoms with E-state index in [1.54, 1.807) is 7.05 Å². The predicted octanol–water partition coefficient (Wildman–Crippen LogP) is 2.37. The van der Waals surface area contributed by atoms with Crippen molar-refractivity contribution in [1.82, 2.24) is 15.5 Å². The molecule has 0 spiro atoms. The summed E-state index contributed by atoms with van der Waals surface area (Å²) in [6, 6.07) is 9.00. The van der Waals surface area contributed by atoms with Gasteiger partial charge in [-0.2, -0.15) is 0 Å². The van der Waals surface area contributed by atoms with E-state index in [1.165, 1.54) is 11.1 Å². The molecule has 5 nitrogen and oxygen atoms in total. The maximum absolute atomic E-state index is 5.84. The Hall–Kier alpha value is -1.59. The fourth-order valence-electron chi connectivity index (χ4n) is 3.19. The van der Waals surface area contributed by atoms with Crippen molar-refractivity contribution in [3.63, 3.8) is 0 Å². The molecule has 1 heterocycles. The van der Waals surface area contributed by atoms with E-state index >= 15 is 0 Å². The van der Waals surface area contributed by atoms with E-state index in [1.807, 2.05) is 0 Å². The van der Waals surface area contributed by atoms with Gasteiger partial charge < -0.3 is 15.4 Å². The van der Waals surface area contributed by atoms with Crippen LogP contribution in [0.5, 0.6) is 0 Å². The van der Waals surface area contributed by atoms with Crippen LogP contribution in [0.4, 0.5) is 0 Å². The molecule has 1 aliphatic heterocycles. The van der Waals surface area contributed by atoms with Crippen LogP contribution in [0, 0.1) is 0 Å². The molecular weight excluding hydrogens is 300 g/mol. The average Bonchev–Trinajstić information content (AvgIpc) is 2.51. The topological polar surface area (TPSA) is 48.9 Å². The summed E-state index contributed by atoms with van der Waals surface area (Å²) in [6.45, 7) is 12.2. The molecule has 1 aliphatic rings. The molecule has 1 saturated heterocycles. The minimum absolute atomic E-state index is 0.299. The molecule has 134 valence electrons. The van der Waals surface area contributed by atoms with Crippen LogP contribution >= 0.6 is 0 Å². The van der Waals surface area contributed by atoms with E-state index in [4.69, 9.17) is 4.74 Å². The smallest absolute Gasteiger partial charge is 0.191 e. The molecule has 5 heteroatoms. The zero-order valence-corrected chi connectivity index (χ0v) is 15.7. The molecule has 1 aromatic carbocycles. The number of ether oxygens (including phenoxy) is 1. The number of morpholine rings is 1. The third-order valence-electron chi connectivity index (χ3n) is 4.10. The Morgan fingerprint density at radius 2 is 1.83 bits per heavy atom. The number of nitrogens with one attached hydrogen (secondary N) is 2. The fourth-order valence-corrected chi connectivity index (χ4v) is 3.19. The zero-order chi connectivity index (χ0) is 17.5. The standard InChI is InChI=1S/C19H32N4O/c1-14(2)22-19(20-5)21-10-17-8-6-7-9-18(17)13-23-11-15(3)24-16(4)12-23/h6-9,14-16H,10-13H2,1-5H3,(H2,20,21,22). The molecule has 0 aromatic heterocycles. The summed E-state index contributed by atoms with van der Waals surface area (Å²) in [5.74, 6) is 0.841. The quantitative estimate of drug-likeness (QED) is 0.642. The first-order valence-corrected chi connectivity index (χ1v) is 8.89. The van der Waals surface area contributed by atoms with Gasteiger partial charge >= 0.3 is 0 Å². The van der Waals surface area contributed by atoms with Crippen molar-refractivity contribution in [2.45, 2.75) is 59.0 Å². The van der Waals surface area contributed by atoms with Crippen LogP contribution in [0.2, 0.25) is 0 Å². The maximum atomic E-state index is 5.84. The van der Waals surface area contributed by atoms with Gasteiger partial charge in [0.15, 0.2) is 5.96 Å². The number of benzene rings is 1. The number of hydrogen-bond donors (Lipinski definition) is 2. The van der Waals surface area contributed by atoms with Gasteiger partial charge in [0.1, 0.15) is 0 Å². The largest absolute Gasteiger partial charge is 0.373 e. The van der Waals surface area contributed by atoms with Crippen LogP contribution in [0.1, 0.15) is 38.8 Å². The van der Waals surface area contributed by atoms with Crippen LogP contribution in [0.15, 0.2) is 29.3 Å². The summed E-state index contributed by atoms with van der Waals surface area (Å²) in [6.07, 6.45) is 0.598. The second-order valence-electron chi connectivity index (χ2n) is 6.94. The number of rotatable bonds is 5. The van der Waals surface area contributed by atoms with E-state index in [0.29, 0.717) is 18.2 Å². The van der Waals surface area contributed by atoms with Crippen molar-refractivity contribution in [3.05, 3.63) is 35.4 Å². The van der Waals surface area contributed by atoms with Crippen LogP contribution in [0.3, 0.4) is 0 Å². The van der Waals surface area contributed by atoms with Gasteiger partial charge in [-0.1, -0.05) is 24.3 Å². The van der Waals surface area contributed by atoms with Gasteiger partial charge in [-0.25, -0.2) is 0 Å². The van der Waals surface area contributed by atoms with E-state index in [-0.39, 0.29) is 0 Å². The third-order valence-corrected chi connectivity index (χ3v) is 4.10. The van der Waals surface area contributed by atoms with Crippen molar-refractivity contribution in [2.24, 2.45) is 4.99 Å². The van der Waals surface area contributed by atoms with Crippen molar-refractivity contribution in [1.29, 1.82) is 0 Å². The summed E-state index contributed by atoms with van der Waals surface area (Å²) in [5.41, 5.74) is 2.68. The fraction of sp³-hybridized carbons (Fsp3) is 0.632. The normalized spacial score (nSPS) is 22.7. The molecule has 24 heavy (non-hydrogen) atoms. The summed E-state index contributed by atoms with van der Waals surface area (Å²) in [5, 5.41) is 6.73. The number of guanidine groups is 1. The van der Waals surface area contributed by atoms with Gasteiger partial charge in [-0.05, 0) is 38.8 Å². The van der Waals surface area contributed by atoms with Gasteiger partial charge in [-0.3, -0.25) is 9.89 Å². The van der Waals surface area contributed by atoms with Crippen molar-refractivity contribution >= 4 is 5.96 Å². The lowest BCUT2D eigenvalue weighted by Gasteiger charge is -2.35. The first-order valence-electron chi connectivity index (χ1n) is 8.89. The number of aliphatic imine (C=N–C) groups is 1. The van der Waals surface area contributed by atoms with E-state index < -0.39 is 0 Å². The molecule has 0 aliphatic carbocycles. The van der Waals surface area contributed by atoms with Gasteiger partial charge in [0, 0.05) is 39.3 Å². The summed E-state index contributed by atoms with van der Waals surface area (Å²) in [7, 11) is 1.81. The van der Waals surface area contributed by atoms with Crippen LogP contribution < -0.4 is 10.6 Å². The lowest BCUT2D eigenvalue weighted by molar-refractivity contribution is -0.0705. The molecule has 1 fully saturated rings. The highest BCUT2D eigenvalue weighted by Gasteiger charge is 2.22. The summed E-state index contributed by atoms with van der Waals surface area (Å²) in [4.78, 5) is 6.76. The molecule has 2 N–H and O–H groups in total. The molecule has 2 atom stereocenters. The Labute approximate surface area is 146 Å². The SMILES string of the molecule is CN=C(NCc1ccccc1CN1CC(C)OC(C)C1)NC(C)C. The summed E-state index contributed by atoms with van der Waals surface area (Å²) >= 11 is 0. The minimum atomic E-state index is 0.299. The summed E-state index contributed by atoms with van der Waals surface area (Å²) < 4.78 is 5.84. The predicted molar refractivity (Wildman–Crippen MR) is 100 cm³/mol. The maximum Gasteiger partial charge on any atom is 0.191 e. The van der Waals surface area contributed by atoms with Crippen LogP contribution in [0.25, 0.3) is 0 Å². The second-order valence-corrected chi connectivity index (χ2v) is 6.94. The molecule has 2 rings (SSSR count). The Morgan fingerprint density at radius 1 is 1.21 bits per heavy atom. The van der Waals surface area contributed by atoms with Gasteiger partial charge in [0.2, 0.25) is 0 Å². The number of nitrogens with zero attached hydrogens (tertiary/aromatic N) is 2. The van der Waals surface area contributed by atoms with Gasteiger partial charge in [0.05, 0.1) is 12.2 Å². The Kier molecular flexibility index (Phi) is 7.06. The Morgan fingerprint density at radius 3 is 2.42 bits per heavy atom. The molecule has 0 radical (unpaired) electrons. The van der Waals surface area contributed by atoms with E-state index in [0.717, 1.165) is 32.1 Å². The highest BCUT2D eigenvalue weighted by molar-refractivity contribution is 5.79. The molecule has 2 unspecified atom stereocenters. The van der Waals surface area contributed by atoms with Gasteiger partial charge in [-0.15, -0.1) is 0 Å². The lowest BCUT2D eigenvalue weighted by Crippen LogP contribution is -2.45. The van der Waals surface area contributed by atoms with Crippen LogP contribution in [-0.4, -0.2) is 49.2 Å². The zero-order valence-electron chi connectivity index (χ0n) is 15.7.